The number of hydrogen-bond acceptors (Lipinski definition) is 3. The average molecular weight is 226 g/mol. The number of pyridine rings is 1. The van der Waals surface area contributed by atoms with E-state index in [-0.39, 0.29) is 6.42 Å². The molecule has 0 bridgehead atoms. The van der Waals surface area contributed by atoms with Crippen LogP contribution in [-0.4, -0.2) is 20.5 Å². The van der Waals surface area contributed by atoms with Gasteiger partial charge in [-0.15, -0.1) is 0 Å². The standard InChI is InChI=1S/C9H8ClN3O2/c10-5-1-2-7-12-6(3-8(14)15)9(11)13(7)4-5/h1-2,4H,3,11H2,(H,14,15). The van der Waals surface area contributed by atoms with Crippen molar-refractivity contribution in [2.75, 3.05) is 5.73 Å². The number of anilines is 1. The molecule has 2 rings (SSSR count). The molecule has 0 spiro atoms. The zero-order chi connectivity index (χ0) is 11.0. The largest absolute Gasteiger partial charge is 0.481 e. The summed E-state index contributed by atoms with van der Waals surface area (Å²) < 4.78 is 1.57. The maximum Gasteiger partial charge on any atom is 0.309 e. The first-order valence-electron chi connectivity index (χ1n) is 4.21. The summed E-state index contributed by atoms with van der Waals surface area (Å²) in [6.07, 6.45) is 1.41. The predicted octanol–water partition coefficient (Wildman–Crippen LogP) is 1.20. The number of carbonyl (C=O) groups is 1. The lowest BCUT2D eigenvalue weighted by Crippen LogP contribution is -2.03. The van der Waals surface area contributed by atoms with Crippen molar-refractivity contribution in [3.63, 3.8) is 0 Å². The second-order valence-electron chi connectivity index (χ2n) is 3.09. The summed E-state index contributed by atoms with van der Waals surface area (Å²) in [6.45, 7) is 0. The van der Waals surface area contributed by atoms with E-state index in [4.69, 9.17) is 22.4 Å². The summed E-state index contributed by atoms with van der Waals surface area (Å²) in [6, 6.07) is 3.36. The zero-order valence-corrected chi connectivity index (χ0v) is 8.40. The average Bonchev–Trinajstić information content (AvgIpc) is 2.44. The number of nitrogen functional groups attached to an aromatic ring is 1. The number of halogens is 1. The third-order valence-electron chi connectivity index (χ3n) is 2.01. The minimum absolute atomic E-state index is 0.189. The van der Waals surface area contributed by atoms with Gasteiger partial charge in [0.25, 0.3) is 0 Å². The molecule has 0 amide bonds. The third-order valence-corrected chi connectivity index (χ3v) is 2.24. The minimum Gasteiger partial charge on any atom is -0.481 e. The van der Waals surface area contributed by atoms with Gasteiger partial charge in [-0.1, -0.05) is 11.6 Å². The van der Waals surface area contributed by atoms with Crippen molar-refractivity contribution >= 4 is 29.0 Å². The van der Waals surface area contributed by atoms with Gasteiger partial charge in [0.1, 0.15) is 11.5 Å². The van der Waals surface area contributed by atoms with Crippen LogP contribution in [0.3, 0.4) is 0 Å². The van der Waals surface area contributed by atoms with Crippen LogP contribution in [-0.2, 0) is 11.2 Å². The molecule has 0 radical (unpaired) electrons. The quantitative estimate of drug-likeness (QED) is 0.805. The highest BCUT2D eigenvalue weighted by Gasteiger charge is 2.12. The molecular formula is C9H8ClN3O2. The highest BCUT2D eigenvalue weighted by molar-refractivity contribution is 6.30. The van der Waals surface area contributed by atoms with Crippen molar-refractivity contribution in [3.05, 3.63) is 29.0 Å². The van der Waals surface area contributed by atoms with E-state index in [2.05, 4.69) is 4.98 Å². The van der Waals surface area contributed by atoms with Gasteiger partial charge in [-0.2, -0.15) is 0 Å². The molecule has 0 aromatic carbocycles. The van der Waals surface area contributed by atoms with E-state index in [1.165, 1.54) is 0 Å². The number of carboxylic acids is 1. The molecular weight excluding hydrogens is 218 g/mol. The molecule has 0 saturated carbocycles. The van der Waals surface area contributed by atoms with Gasteiger partial charge in [0.05, 0.1) is 17.1 Å². The number of imidazole rings is 1. The number of carboxylic acid groups (broad SMARTS) is 1. The first kappa shape index (κ1) is 9.79. The molecule has 0 unspecified atom stereocenters. The van der Waals surface area contributed by atoms with Gasteiger partial charge in [0, 0.05) is 6.20 Å². The van der Waals surface area contributed by atoms with Crippen LogP contribution < -0.4 is 5.73 Å². The lowest BCUT2D eigenvalue weighted by atomic mass is 10.3. The molecule has 2 heterocycles. The minimum atomic E-state index is -0.962. The Morgan fingerprint density at radius 1 is 1.60 bits per heavy atom. The fraction of sp³-hybridized carbons (Fsp3) is 0.111. The third kappa shape index (κ3) is 1.73. The molecule has 0 fully saturated rings. The van der Waals surface area contributed by atoms with E-state index in [0.29, 0.717) is 22.2 Å². The van der Waals surface area contributed by atoms with Crippen molar-refractivity contribution in [2.24, 2.45) is 0 Å². The number of rotatable bonds is 2. The highest BCUT2D eigenvalue weighted by Crippen LogP contribution is 2.18. The highest BCUT2D eigenvalue weighted by atomic mass is 35.5. The molecule has 0 atom stereocenters. The van der Waals surface area contributed by atoms with E-state index < -0.39 is 5.97 Å². The van der Waals surface area contributed by atoms with Gasteiger partial charge in [-0.3, -0.25) is 9.20 Å². The van der Waals surface area contributed by atoms with Crippen LogP contribution in [0, 0.1) is 0 Å². The summed E-state index contributed by atoms with van der Waals surface area (Å²) in [7, 11) is 0. The number of hydrogen-bond donors (Lipinski definition) is 2. The van der Waals surface area contributed by atoms with Crippen LogP contribution in [0.15, 0.2) is 18.3 Å². The topological polar surface area (TPSA) is 80.6 Å². The first-order chi connectivity index (χ1) is 7.08. The van der Waals surface area contributed by atoms with Crippen LogP contribution in [0.4, 0.5) is 5.82 Å². The number of nitrogens with two attached hydrogens (primary N) is 1. The molecule has 78 valence electrons. The first-order valence-corrected chi connectivity index (χ1v) is 4.59. The van der Waals surface area contributed by atoms with E-state index in [0.717, 1.165) is 0 Å². The van der Waals surface area contributed by atoms with Crippen molar-refractivity contribution in [2.45, 2.75) is 6.42 Å². The molecule has 0 saturated heterocycles. The SMILES string of the molecule is Nc1c(CC(=O)O)nc2ccc(Cl)cn12. The molecule has 5 nitrogen and oxygen atoms in total. The molecule has 15 heavy (non-hydrogen) atoms. The lowest BCUT2D eigenvalue weighted by molar-refractivity contribution is -0.136. The Morgan fingerprint density at radius 3 is 3.00 bits per heavy atom. The second-order valence-corrected chi connectivity index (χ2v) is 3.53. The van der Waals surface area contributed by atoms with Gasteiger partial charge in [-0.25, -0.2) is 4.98 Å². The summed E-state index contributed by atoms with van der Waals surface area (Å²) in [5.74, 6) is -0.647. The van der Waals surface area contributed by atoms with Crippen LogP contribution >= 0.6 is 11.6 Å². The van der Waals surface area contributed by atoms with E-state index in [1.807, 2.05) is 0 Å². The van der Waals surface area contributed by atoms with E-state index in [1.54, 1.807) is 22.7 Å². The lowest BCUT2D eigenvalue weighted by Gasteiger charge is -1.96. The van der Waals surface area contributed by atoms with Crippen LogP contribution in [0.25, 0.3) is 5.65 Å². The molecule has 0 aliphatic rings. The summed E-state index contributed by atoms with van der Waals surface area (Å²) in [5.41, 5.74) is 6.68. The molecule has 2 aromatic heterocycles. The Kier molecular flexibility index (Phi) is 2.24. The molecule has 0 aliphatic heterocycles. The van der Waals surface area contributed by atoms with Gasteiger partial charge < -0.3 is 10.8 Å². The molecule has 0 aliphatic carbocycles. The van der Waals surface area contributed by atoms with Gasteiger partial charge >= 0.3 is 5.97 Å². The molecule has 2 aromatic rings. The van der Waals surface area contributed by atoms with Crippen LogP contribution in [0.1, 0.15) is 5.69 Å². The van der Waals surface area contributed by atoms with E-state index in [9.17, 15) is 4.79 Å². The summed E-state index contributed by atoms with van der Waals surface area (Å²) >= 11 is 5.79. The van der Waals surface area contributed by atoms with Gasteiger partial charge in [0.2, 0.25) is 0 Å². The summed E-state index contributed by atoms with van der Waals surface area (Å²) in [4.78, 5) is 14.6. The van der Waals surface area contributed by atoms with Crippen molar-refractivity contribution in [1.29, 1.82) is 0 Å². The van der Waals surface area contributed by atoms with Crippen LogP contribution in [0.2, 0.25) is 5.02 Å². The monoisotopic (exact) mass is 225 g/mol. The van der Waals surface area contributed by atoms with Gasteiger partial charge in [-0.05, 0) is 12.1 Å². The fourth-order valence-electron chi connectivity index (χ4n) is 1.36. The van der Waals surface area contributed by atoms with Crippen molar-refractivity contribution in [3.8, 4) is 0 Å². The Bertz CT molecular complexity index is 535. The van der Waals surface area contributed by atoms with Gasteiger partial charge in [0.15, 0.2) is 0 Å². The maximum atomic E-state index is 10.5. The predicted molar refractivity (Wildman–Crippen MR) is 56.0 cm³/mol. The number of aliphatic carboxylic acids is 1. The Hall–Kier alpha value is -1.75. The Morgan fingerprint density at radius 2 is 2.33 bits per heavy atom. The van der Waals surface area contributed by atoms with Crippen molar-refractivity contribution < 1.29 is 9.90 Å². The van der Waals surface area contributed by atoms with Crippen molar-refractivity contribution in [1.82, 2.24) is 9.38 Å². The number of aromatic nitrogens is 2. The zero-order valence-electron chi connectivity index (χ0n) is 7.64. The Labute approximate surface area is 90.1 Å². The number of fused-ring (bicyclic) bond motifs is 1. The molecule has 6 heteroatoms. The Balaban J connectivity index is 2.59. The fourth-order valence-corrected chi connectivity index (χ4v) is 1.52. The number of nitrogens with zero attached hydrogens (tertiary/aromatic N) is 2. The summed E-state index contributed by atoms with van der Waals surface area (Å²) in [5, 5.41) is 9.16. The second kappa shape index (κ2) is 3.43. The van der Waals surface area contributed by atoms with E-state index >= 15 is 0 Å². The maximum absolute atomic E-state index is 10.5. The smallest absolute Gasteiger partial charge is 0.309 e. The van der Waals surface area contributed by atoms with Crippen LogP contribution in [0.5, 0.6) is 0 Å². The molecule has 3 N–H and O–H groups in total. The normalized spacial score (nSPS) is 10.7.